The van der Waals surface area contributed by atoms with Crippen LogP contribution in [0.5, 0.6) is 11.5 Å². The third-order valence-electron chi connectivity index (χ3n) is 5.79. The first-order chi connectivity index (χ1) is 18.0. The van der Waals surface area contributed by atoms with Crippen LogP contribution in [0.25, 0.3) is 17.0 Å². The van der Waals surface area contributed by atoms with Crippen LogP contribution < -0.4 is 14.8 Å². The summed E-state index contributed by atoms with van der Waals surface area (Å²) in [6.07, 6.45) is 4.11. The largest absolute Gasteiger partial charge is 0.493 e. The van der Waals surface area contributed by atoms with Crippen LogP contribution in [0.1, 0.15) is 22.3 Å². The molecule has 8 heteroatoms. The summed E-state index contributed by atoms with van der Waals surface area (Å²) < 4.78 is 12.3. The number of halogens is 1. The molecule has 1 heterocycles. The Kier molecular flexibility index (Phi) is 8.44. The van der Waals surface area contributed by atoms with Gasteiger partial charge in [0.25, 0.3) is 5.91 Å². The Hall–Kier alpha value is -4.28. The molecule has 0 atom stereocenters. The molecule has 0 fully saturated rings. The second-order valence-electron chi connectivity index (χ2n) is 8.13. The van der Waals surface area contributed by atoms with Gasteiger partial charge in [0.1, 0.15) is 18.2 Å². The van der Waals surface area contributed by atoms with E-state index in [-0.39, 0.29) is 12.2 Å². The number of amides is 1. The fraction of sp³-hybridized carbons (Fsp3) is 0.138. The van der Waals surface area contributed by atoms with Crippen LogP contribution in [0.2, 0.25) is 0 Å². The van der Waals surface area contributed by atoms with Crippen molar-refractivity contribution in [3.8, 4) is 23.6 Å². The van der Waals surface area contributed by atoms with Gasteiger partial charge in [-0.25, -0.2) is 0 Å². The highest BCUT2D eigenvalue weighted by atomic mass is 127. The summed E-state index contributed by atoms with van der Waals surface area (Å²) in [5.74, 6) is 0.545. The monoisotopic (exact) mass is 602 g/mol. The van der Waals surface area contributed by atoms with Gasteiger partial charge in [0.15, 0.2) is 11.5 Å². The quantitative estimate of drug-likeness (QED) is 0.149. The lowest BCUT2D eigenvalue weighted by molar-refractivity contribution is -0.117. The van der Waals surface area contributed by atoms with Crippen LogP contribution in [0.15, 0.2) is 72.4 Å². The summed E-state index contributed by atoms with van der Waals surface area (Å²) in [4.78, 5) is 15.9. The van der Waals surface area contributed by atoms with Crippen LogP contribution in [0.3, 0.4) is 0 Å². The van der Waals surface area contributed by atoms with Crippen molar-refractivity contribution in [1.82, 2.24) is 10.3 Å². The van der Waals surface area contributed by atoms with Gasteiger partial charge in [0, 0.05) is 29.2 Å². The molecule has 184 valence electrons. The lowest BCUT2D eigenvalue weighted by atomic mass is 10.1. The molecule has 0 saturated carbocycles. The molecular weight excluding hydrogens is 579 g/mol. The standard InChI is InChI=1S/C29H23IN4O3/c1-36-27-14-19(13-25(30)28(27)37-18-22-7-3-2-6-20(22)15-31)12-23(16-32)29(35)33-11-10-21-17-34-26-9-5-4-8-24(21)26/h2-9,12-14,17,34H,10-11,18H2,1H3,(H,33,35)/b23-12-. The Morgan fingerprint density at radius 3 is 2.68 bits per heavy atom. The molecule has 0 aliphatic carbocycles. The van der Waals surface area contributed by atoms with Gasteiger partial charge >= 0.3 is 0 Å². The van der Waals surface area contributed by atoms with Crippen LogP contribution in [-0.4, -0.2) is 24.5 Å². The number of ether oxygens (including phenoxy) is 2. The molecule has 37 heavy (non-hydrogen) atoms. The summed E-state index contributed by atoms with van der Waals surface area (Å²) in [5, 5.41) is 22.9. The third kappa shape index (κ3) is 6.11. The number of para-hydroxylation sites is 1. The summed E-state index contributed by atoms with van der Waals surface area (Å²) in [6, 6.07) is 22.9. The molecule has 0 radical (unpaired) electrons. The fourth-order valence-corrected chi connectivity index (χ4v) is 4.71. The van der Waals surface area contributed by atoms with Crippen LogP contribution in [0.4, 0.5) is 0 Å². The fourth-order valence-electron chi connectivity index (χ4n) is 3.93. The number of aromatic nitrogens is 1. The SMILES string of the molecule is COc1cc(/C=C(/C#N)C(=O)NCCc2c[nH]c3ccccc23)cc(I)c1OCc1ccccc1C#N. The second-order valence-corrected chi connectivity index (χ2v) is 9.29. The number of benzene rings is 3. The van der Waals surface area contributed by atoms with E-state index in [0.29, 0.717) is 35.6 Å². The van der Waals surface area contributed by atoms with E-state index < -0.39 is 5.91 Å². The number of nitriles is 2. The lowest BCUT2D eigenvalue weighted by Gasteiger charge is -2.14. The molecule has 0 spiro atoms. The van der Waals surface area contributed by atoms with Crippen molar-refractivity contribution < 1.29 is 14.3 Å². The number of H-pyrrole nitrogens is 1. The topological polar surface area (TPSA) is 111 Å². The minimum Gasteiger partial charge on any atom is -0.493 e. The van der Waals surface area contributed by atoms with E-state index in [1.54, 1.807) is 18.2 Å². The number of hydrogen-bond donors (Lipinski definition) is 2. The molecule has 7 nitrogen and oxygen atoms in total. The summed E-state index contributed by atoms with van der Waals surface area (Å²) >= 11 is 2.12. The van der Waals surface area contributed by atoms with E-state index >= 15 is 0 Å². The second kappa shape index (κ2) is 12.1. The first-order valence-corrected chi connectivity index (χ1v) is 12.5. The molecule has 4 rings (SSSR count). The van der Waals surface area contributed by atoms with Crippen molar-refractivity contribution in [2.24, 2.45) is 0 Å². The number of carbonyl (C=O) groups excluding carboxylic acids is 1. The number of nitrogens with one attached hydrogen (secondary N) is 2. The van der Waals surface area contributed by atoms with Gasteiger partial charge in [-0.15, -0.1) is 0 Å². The van der Waals surface area contributed by atoms with E-state index in [2.05, 4.69) is 39.0 Å². The molecule has 0 aliphatic heterocycles. The summed E-state index contributed by atoms with van der Waals surface area (Å²) in [7, 11) is 1.53. The number of hydrogen-bond acceptors (Lipinski definition) is 5. The van der Waals surface area contributed by atoms with Gasteiger partial charge in [-0.05, 0) is 70.5 Å². The maximum Gasteiger partial charge on any atom is 0.261 e. The number of aromatic amines is 1. The Bertz CT molecular complexity index is 1560. The predicted octanol–water partition coefficient (Wildman–Crippen LogP) is 5.50. The highest BCUT2D eigenvalue weighted by Gasteiger charge is 2.15. The van der Waals surface area contributed by atoms with E-state index in [9.17, 15) is 15.3 Å². The van der Waals surface area contributed by atoms with E-state index in [0.717, 1.165) is 25.6 Å². The van der Waals surface area contributed by atoms with Crippen molar-refractivity contribution in [3.05, 3.63) is 98.3 Å². The zero-order valence-corrected chi connectivity index (χ0v) is 22.2. The molecule has 0 unspecified atom stereocenters. The average molecular weight is 602 g/mol. The molecular formula is C29H23IN4O3. The van der Waals surface area contributed by atoms with Crippen molar-refractivity contribution >= 4 is 45.5 Å². The van der Waals surface area contributed by atoms with E-state index in [1.165, 1.54) is 13.2 Å². The van der Waals surface area contributed by atoms with Crippen molar-refractivity contribution in [2.75, 3.05) is 13.7 Å². The van der Waals surface area contributed by atoms with Crippen LogP contribution >= 0.6 is 22.6 Å². The highest BCUT2D eigenvalue weighted by Crippen LogP contribution is 2.35. The lowest BCUT2D eigenvalue weighted by Crippen LogP contribution is -2.26. The van der Waals surface area contributed by atoms with Crippen LogP contribution in [0, 0.1) is 26.2 Å². The number of methoxy groups -OCH3 is 1. The van der Waals surface area contributed by atoms with Gasteiger partial charge in [0.2, 0.25) is 0 Å². The Balaban J connectivity index is 1.45. The number of carbonyl (C=O) groups is 1. The van der Waals surface area contributed by atoms with Gasteiger partial charge < -0.3 is 19.8 Å². The molecule has 0 bridgehead atoms. The minimum atomic E-state index is -0.440. The van der Waals surface area contributed by atoms with Crippen molar-refractivity contribution in [1.29, 1.82) is 10.5 Å². The molecule has 2 N–H and O–H groups in total. The number of nitrogens with zero attached hydrogens (tertiary/aromatic N) is 2. The zero-order valence-electron chi connectivity index (χ0n) is 20.0. The minimum absolute atomic E-state index is 0.00612. The number of rotatable bonds is 9. The van der Waals surface area contributed by atoms with Gasteiger partial charge in [-0.1, -0.05) is 36.4 Å². The zero-order chi connectivity index (χ0) is 26.2. The smallest absolute Gasteiger partial charge is 0.261 e. The Morgan fingerprint density at radius 2 is 1.89 bits per heavy atom. The molecule has 0 saturated heterocycles. The molecule has 4 aromatic rings. The summed E-state index contributed by atoms with van der Waals surface area (Å²) in [5.41, 5.74) is 4.09. The first kappa shape index (κ1) is 25.8. The third-order valence-corrected chi connectivity index (χ3v) is 6.59. The normalized spacial score (nSPS) is 11.0. The molecule has 1 aromatic heterocycles. The van der Waals surface area contributed by atoms with Gasteiger partial charge in [0.05, 0.1) is 22.3 Å². The van der Waals surface area contributed by atoms with E-state index in [1.807, 2.05) is 54.7 Å². The summed E-state index contributed by atoms with van der Waals surface area (Å²) in [6.45, 7) is 0.602. The van der Waals surface area contributed by atoms with Gasteiger partial charge in [-0.3, -0.25) is 4.79 Å². The Labute approximate surface area is 228 Å². The average Bonchev–Trinajstić information content (AvgIpc) is 3.33. The Morgan fingerprint density at radius 1 is 1.11 bits per heavy atom. The maximum absolute atomic E-state index is 12.7. The van der Waals surface area contributed by atoms with E-state index in [4.69, 9.17) is 9.47 Å². The molecule has 1 amide bonds. The van der Waals surface area contributed by atoms with Gasteiger partial charge in [-0.2, -0.15) is 10.5 Å². The molecule has 3 aromatic carbocycles. The first-order valence-electron chi connectivity index (χ1n) is 11.5. The highest BCUT2D eigenvalue weighted by molar-refractivity contribution is 14.1. The molecule has 0 aliphatic rings. The van der Waals surface area contributed by atoms with Crippen molar-refractivity contribution in [3.63, 3.8) is 0 Å². The number of fused-ring (bicyclic) bond motifs is 1. The van der Waals surface area contributed by atoms with Crippen molar-refractivity contribution in [2.45, 2.75) is 13.0 Å². The maximum atomic E-state index is 12.7. The van der Waals surface area contributed by atoms with Crippen LogP contribution in [-0.2, 0) is 17.8 Å². The predicted molar refractivity (Wildman–Crippen MR) is 150 cm³/mol.